The highest BCUT2D eigenvalue weighted by atomic mass is 16.5. The number of carbonyl (C=O) groups excluding carboxylic acids is 1. The molecule has 2 rings (SSSR count). The number of ether oxygens (including phenoxy) is 1. The fourth-order valence-electron chi connectivity index (χ4n) is 2.09. The number of hydrogen-bond acceptors (Lipinski definition) is 5. The number of carbonyl (C=O) groups is 1. The van der Waals surface area contributed by atoms with Crippen molar-refractivity contribution in [1.82, 2.24) is 15.0 Å². The van der Waals surface area contributed by atoms with Gasteiger partial charge in [0.05, 0.1) is 24.1 Å². The van der Waals surface area contributed by atoms with Crippen LogP contribution >= 0.6 is 0 Å². The van der Waals surface area contributed by atoms with Gasteiger partial charge < -0.3 is 4.74 Å². The summed E-state index contributed by atoms with van der Waals surface area (Å²) in [4.78, 5) is 11.6. The summed E-state index contributed by atoms with van der Waals surface area (Å²) in [6, 6.07) is 8.92. The summed E-state index contributed by atoms with van der Waals surface area (Å²) in [7, 11) is 1.33. The molecule has 0 aliphatic heterocycles. The van der Waals surface area contributed by atoms with E-state index in [9.17, 15) is 10.1 Å². The number of benzene rings is 1. The van der Waals surface area contributed by atoms with Crippen molar-refractivity contribution in [3.05, 3.63) is 41.2 Å². The highest BCUT2D eigenvalue weighted by molar-refractivity contribution is 5.89. The summed E-state index contributed by atoms with van der Waals surface area (Å²) in [5, 5.41) is 17.1. The molecule has 21 heavy (non-hydrogen) atoms. The van der Waals surface area contributed by atoms with Crippen molar-refractivity contribution in [2.24, 2.45) is 0 Å². The van der Waals surface area contributed by atoms with E-state index < -0.39 is 5.97 Å². The van der Waals surface area contributed by atoms with Gasteiger partial charge in [-0.15, -0.1) is 5.10 Å². The van der Waals surface area contributed by atoms with Gasteiger partial charge in [0.2, 0.25) is 0 Å². The molecule has 0 atom stereocenters. The fourth-order valence-corrected chi connectivity index (χ4v) is 2.09. The van der Waals surface area contributed by atoms with Crippen LogP contribution in [-0.4, -0.2) is 28.1 Å². The highest BCUT2D eigenvalue weighted by Crippen LogP contribution is 2.26. The Morgan fingerprint density at radius 1 is 1.38 bits per heavy atom. The molecule has 0 bridgehead atoms. The zero-order valence-corrected chi connectivity index (χ0v) is 12.4. The Hall–Kier alpha value is -2.68. The monoisotopic (exact) mass is 284 g/mol. The van der Waals surface area contributed by atoms with Gasteiger partial charge in [0.25, 0.3) is 0 Å². The number of hydrogen-bond donors (Lipinski definition) is 0. The summed E-state index contributed by atoms with van der Waals surface area (Å²) >= 11 is 0. The molecule has 0 N–H and O–H groups in total. The molecular weight excluding hydrogens is 268 g/mol. The lowest BCUT2D eigenvalue weighted by molar-refractivity contribution is 0.0600. The van der Waals surface area contributed by atoms with Crippen LogP contribution in [0, 0.1) is 11.3 Å². The average Bonchev–Trinajstić information content (AvgIpc) is 2.90. The molecule has 0 aliphatic rings. The van der Waals surface area contributed by atoms with E-state index in [1.807, 2.05) is 20.8 Å². The van der Waals surface area contributed by atoms with Crippen molar-refractivity contribution in [3.8, 4) is 11.8 Å². The van der Waals surface area contributed by atoms with E-state index in [1.165, 1.54) is 7.11 Å². The van der Waals surface area contributed by atoms with Crippen molar-refractivity contribution < 1.29 is 9.53 Å². The molecule has 2 aromatic rings. The minimum atomic E-state index is -0.421. The zero-order chi connectivity index (χ0) is 15.6. The second kappa shape index (κ2) is 5.37. The van der Waals surface area contributed by atoms with Gasteiger partial charge in [-0.05, 0) is 18.2 Å². The largest absolute Gasteiger partial charge is 0.465 e. The Bertz CT molecular complexity index is 720. The molecule has 6 heteroatoms. The molecule has 0 spiro atoms. The molecule has 0 saturated carbocycles. The van der Waals surface area contributed by atoms with Gasteiger partial charge in [0.15, 0.2) is 5.69 Å². The number of aromatic nitrogens is 3. The Balaban J connectivity index is 2.61. The second-order valence-corrected chi connectivity index (χ2v) is 5.60. The minimum absolute atomic E-state index is 0.283. The maximum atomic E-state index is 11.6. The summed E-state index contributed by atoms with van der Waals surface area (Å²) in [5.41, 5.74) is 1.76. The first kappa shape index (κ1) is 14.7. The van der Waals surface area contributed by atoms with Gasteiger partial charge in [0.1, 0.15) is 6.07 Å². The summed E-state index contributed by atoms with van der Waals surface area (Å²) in [6.45, 7) is 5.94. The summed E-state index contributed by atoms with van der Waals surface area (Å²) in [5.74, 6) is -0.421. The maximum absolute atomic E-state index is 11.6. The van der Waals surface area contributed by atoms with Gasteiger partial charge in [-0.1, -0.05) is 32.1 Å². The normalized spacial score (nSPS) is 11.0. The third-order valence-corrected chi connectivity index (χ3v) is 3.00. The third-order valence-electron chi connectivity index (χ3n) is 3.00. The van der Waals surface area contributed by atoms with Crippen LogP contribution in [0.15, 0.2) is 24.3 Å². The number of rotatable bonds is 2. The molecule has 6 nitrogen and oxygen atoms in total. The molecule has 1 heterocycles. The molecule has 0 fully saturated rings. The van der Waals surface area contributed by atoms with E-state index >= 15 is 0 Å². The molecule has 108 valence electrons. The van der Waals surface area contributed by atoms with Crippen LogP contribution in [0.5, 0.6) is 0 Å². The molecule has 0 saturated heterocycles. The third kappa shape index (κ3) is 2.77. The van der Waals surface area contributed by atoms with E-state index in [2.05, 4.69) is 16.4 Å². The lowest BCUT2D eigenvalue weighted by atomic mass is 9.90. The van der Waals surface area contributed by atoms with E-state index in [1.54, 1.807) is 28.9 Å². The first-order valence-electron chi connectivity index (χ1n) is 6.43. The second-order valence-electron chi connectivity index (χ2n) is 5.60. The Kier molecular flexibility index (Phi) is 3.76. The van der Waals surface area contributed by atoms with E-state index in [0.29, 0.717) is 16.9 Å². The zero-order valence-electron chi connectivity index (χ0n) is 12.4. The standard InChI is InChI=1S/C15H16N4O2/c1-15(2,3)13-12(9-16)17-18-19(13)11-7-5-6-10(8-11)14(20)21-4/h5-8H,1-4H3. The Morgan fingerprint density at radius 3 is 2.67 bits per heavy atom. The predicted molar refractivity (Wildman–Crippen MR) is 76.1 cm³/mol. The van der Waals surface area contributed by atoms with Crippen molar-refractivity contribution >= 4 is 5.97 Å². The molecule has 0 radical (unpaired) electrons. The van der Waals surface area contributed by atoms with Crippen LogP contribution in [-0.2, 0) is 10.2 Å². The van der Waals surface area contributed by atoms with Crippen molar-refractivity contribution in [2.75, 3.05) is 7.11 Å². The first-order valence-corrected chi connectivity index (χ1v) is 6.43. The maximum Gasteiger partial charge on any atom is 0.337 e. The molecule has 1 aromatic carbocycles. The quantitative estimate of drug-likeness (QED) is 0.790. The van der Waals surface area contributed by atoms with E-state index in [0.717, 1.165) is 0 Å². The van der Waals surface area contributed by atoms with Crippen molar-refractivity contribution in [1.29, 1.82) is 5.26 Å². The molecule has 0 amide bonds. The number of methoxy groups -OCH3 is 1. The van der Waals surface area contributed by atoms with Gasteiger partial charge in [-0.3, -0.25) is 0 Å². The predicted octanol–water partition coefficient (Wildman–Crippen LogP) is 2.22. The SMILES string of the molecule is COC(=O)c1cccc(-n2nnc(C#N)c2C(C)(C)C)c1. The smallest absolute Gasteiger partial charge is 0.337 e. The summed E-state index contributed by atoms with van der Waals surface area (Å²) < 4.78 is 6.30. The van der Waals surface area contributed by atoms with Crippen LogP contribution in [0.25, 0.3) is 5.69 Å². The topological polar surface area (TPSA) is 80.8 Å². The number of nitriles is 1. The summed E-state index contributed by atoms with van der Waals surface area (Å²) in [6.07, 6.45) is 0. The van der Waals surface area contributed by atoms with Crippen LogP contribution in [0.2, 0.25) is 0 Å². The van der Waals surface area contributed by atoms with Crippen LogP contribution < -0.4 is 0 Å². The van der Waals surface area contributed by atoms with Crippen LogP contribution in [0.3, 0.4) is 0 Å². The average molecular weight is 284 g/mol. The highest BCUT2D eigenvalue weighted by Gasteiger charge is 2.26. The molecular formula is C15H16N4O2. The van der Waals surface area contributed by atoms with E-state index in [-0.39, 0.29) is 11.1 Å². The Morgan fingerprint density at radius 2 is 2.10 bits per heavy atom. The van der Waals surface area contributed by atoms with Gasteiger partial charge in [-0.2, -0.15) is 5.26 Å². The molecule has 1 aromatic heterocycles. The Labute approximate surface area is 123 Å². The number of nitrogens with zero attached hydrogens (tertiary/aromatic N) is 4. The van der Waals surface area contributed by atoms with E-state index in [4.69, 9.17) is 4.74 Å². The van der Waals surface area contributed by atoms with Gasteiger partial charge in [0, 0.05) is 5.41 Å². The first-order chi connectivity index (χ1) is 9.88. The van der Waals surface area contributed by atoms with Crippen molar-refractivity contribution in [2.45, 2.75) is 26.2 Å². The lowest BCUT2D eigenvalue weighted by Gasteiger charge is -2.19. The lowest BCUT2D eigenvalue weighted by Crippen LogP contribution is -2.19. The molecule has 0 unspecified atom stereocenters. The van der Waals surface area contributed by atoms with Crippen molar-refractivity contribution in [3.63, 3.8) is 0 Å². The molecule has 0 aliphatic carbocycles. The van der Waals surface area contributed by atoms with Gasteiger partial charge >= 0.3 is 5.97 Å². The van der Waals surface area contributed by atoms with Crippen LogP contribution in [0.1, 0.15) is 42.5 Å². The van der Waals surface area contributed by atoms with Gasteiger partial charge in [-0.25, -0.2) is 9.48 Å². The number of esters is 1. The minimum Gasteiger partial charge on any atom is -0.465 e. The van der Waals surface area contributed by atoms with Crippen LogP contribution in [0.4, 0.5) is 0 Å². The fraction of sp³-hybridized carbons (Fsp3) is 0.333.